The number of rotatable bonds is 2. The summed E-state index contributed by atoms with van der Waals surface area (Å²) < 4.78 is 28.1. The van der Waals surface area contributed by atoms with Gasteiger partial charge in [-0.1, -0.05) is 6.58 Å². The molecule has 0 bridgehead atoms. The van der Waals surface area contributed by atoms with Gasteiger partial charge >= 0.3 is 6.61 Å². The average Bonchev–Trinajstić information content (AvgIpc) is 2.42. The topological polar surface area (TPSA) is 21.3 Å². The van der Waals surface area contributed by atoms with Gasteiger partial charge in [0.1, 0.15) is 5.75 Å². The molecule has 0 saturated carbocycles. The minimum Gasteiger partial charge on any atom is -0.435 e. The SMILES string of the molecule is C=C1Cc2cc(OC(F)F)ccc2N1. The predicted molar refractivity (Wildman–Crippen MR) is 49.5 cm³/mol. The lowest BCUT2D eigenvalue weighted by Gasteiger charge is -2.05. The number of allylic oxidation sites excluding steroid dienone is 1. The van der Waals surface area contributed by atoms with Gasteiger partial charge in [0.05, 0.1) is 0 Å². The largest absolute Gasteiger partial charge is 0.435 e. The Morgan fingerprint density at radius 1 is 1.43 bits per heavy atom. The standard InChI is InChI=1S/C10H9F2NO/c1-6-4-7-5-8(14-10(11)12)2-3-9(7)13-6/h2-3,5,10,13H,1,4H2. The molecular formula is C10H9F2NO. The number of ether oxygens (including phenoxy) is 1. The smallest absolute Gasteiger partial charge is 0.387 e. The van der Waals surface area contributed by atoms with E-state index in [0.29, 0.717) is 6.42 Å². The number of alkyl halides is 2. The minimum absolute atomic E-state index is 0.190. The van der Waals surface area contributed by atoms with Crippen LogP contribution in [0.4, 0.5) is 14.5 Å². The lowest BCUT2D eigenvalue weighted by molar-refractivity contribution is -0.0498. The molecule has 0 amide bonds. The van der Waals surface area contributed by atoms with Crippen LogP contribution in [0.2, 0.25) is 0 Å². The molecule has 0 unspecified atom stereocenters. The first-order chi connectivity index (χ1) is 6.65. The van der Waals surface area contributed by atoms with Crippen LogP contribution >= 0.6 is 0 Å². The molecular weight excluding hydrogens is 188 g/mol. The summed E-state index contributed by atoms with van der Waals surface area (Å²) in [6.45, 7) is 0.987. The van der Waals surface area contributed by atoms with Crippen LogP contribution in [0.3, 0.4) is 0 Å². The number of halogens is 2. The van der Waals surface area contributed by atoms with Crippen molar-refractivity contribution in [3.8, 4) is 5.75 Å². The van der Waals surface area contributed by atoms with E-state index in [1.54, 1.807) is 12.1 Å². The Morgan fingerprint density at radius 2 is 2.21 bits per heavy atom. The van der Waals surface area contributed by atoms with E-state index in [2.05, 4.69) is 16.6 Å². The van der Waals surface area contributed by atoms with Crippen LogP contribution in [0.1, 0.15) is 5.56 Å². The molecule has 0 aromatic heterocycles. The predicted octanol–water partition coefficient (Wildman–Crippen LogP) is 2.77. The van der Waals surface area contributed by atoms with E-state index in [9.17, 15) is 8.78 Å². The average molecular weight is 197 g/mol. The van der Waals surface area contributed by atoms with E-state index in [1.165, 1.54) is 6.07 Å². The minimum atomic E-state index is -2.77. The Balaban J connectivity index is 2.24. The first-order valence-corrected chi connectivity index (χ1v) is 4.17. The van der Waals surface area contributed by atoms with Crippen LogP contribution in [-0.2, 0) is 6.42 Å². The summed E-state index contributed by atoms with van der Waals surface area (Å²) in [6.07, 6.45) is 0.662. The maximum Gasteiger partial charge on any atom is 0.387 e. The molecule has 0 aliphatic carbocycles. The van der Waals surface area contributed by atoms with Crippen molar-refractivity contribution in [2.45, 2.75) is 13.0 Å². The molecule has 1 aliphatic rings. The summed E-state index contributed by atoms with van der Waals surface area (Å²) in [5.41, 5.74) is 2.72. The van der Waals surface area contributed by atoms with Crippen molar-refractivity contribution in [1.29, 1.82) is 0 Å². The third-order valence-corrected chi connectivity index (χ3v) is 2.02. The highest BCUT2D eigenvalue weighted by Crippen LogP contribution is 2.30. The Hall–Kier alpha value is -1.58. The first kappa shape index (κ1) is 8.99. The molecule has 1 aromatic rings. The molecule has 74 valence electrons. The molecule has 14 heavy (non-hydrogen) atoms. The van der Waals surface area contributed by atoms with Crippen LogP contribution in [-0.4, -0.2) is 6.61 Å². The monoisotopic (exact) mass is 197 g/mol. The van der Waals surface area contributed by atoms with E-state index < -0.39 is 6.61 Å². The number of anilines is 1. The molecule has 2 rings (SSSR count). The van der Waals surface area contributed by atoms with Gasteiger partial charge < -0.3 is 10.1 Å². The van der Waals surface area contributed by atoms with E-state index >= 15 is 0 Å². The van der Waals surface area contributed by atoms with Crippen molar-refractivity contribution in [3.63, 3.8) is 0 Å². The van der Waals surface area contributed by atoms with E-state index in [0.717, 1.165) is 16.9 Å². The van der Waals surface area contributed by atoms with Gasteiger partial charge in [-0.25, -0.2) is 0 Å². The van der Waals surface area contributed by atoms with Gasteiger partial charge in [0.2, 0.25) is 0 Å². The maximum absolute atomic E-state index is 11.9. The molecule has 2 nitrogen and oxygen atoms in total. The van der Waals surface area contributed by atoms with Gasteiger partial charge in [-0.3, -0.25) is 0 Å². The van der Waals surface area contributed by atoms with Gasteiger partial charge in [0.15, 0.2) is 0 Å². The van der Waals surface area contributed by atoms with Crippen LogP contribution < -0.4 is 10.1 Å². The van der Waals surface area contributed by atoms with Crippen LogP contribution in [0.15, 0.2) is 30.5 Å². The summed E-state index contributed by atoms with van der Waals surface area (Å²) in [4.78, 5) is 0. The van der Waals surface area contributed by atoms with Crippen LogP contribution in [0, 0.1) is 0 Å². The quantitative estimate of drug-likeness (QED) is 0.787. The van der Waals surface area contributed by atoms with Crippen molar-refractivity contribution in [2.75, 3.05) is 5.32 Å². The van der Waals surface area contributed by atoms with E-state index in [-0.39, 0.29) is 5.75 Å². The number of nitrogens with one attached hydrogen (secondary N) is 1. The number of hydrogen-bond donors (Lipinski definition) is 1. The fourth-order valence-electron chi connectivity index (χ4n) is 1.48. The van der Waals surface area contributed by atoms with Crippen LogP contribution in [0.5, 0.6) is 5.75 Å². The Labute approximate surface area is 80.2 Å². The van der Waals surface area contributed by atoms with Crippen LogP contribution in [0.25, 0.3) is 0 Å². The maximum atomic E-state index is 11.9. The lowest BCUT2D eigenvalue weighted by atomic mass is 10.1. The highest BCUT2D eigenvalue weighted by atomic mass is 19.3. The van der Waals surface area contributed by atoms with Crippen molar-refractivity contribution >= 4 is 5.69 Å². The third kappa shape index (κ3) is 1.69. The summed E-state index contributed by atoms with van der Waals surface area (Å²) in [5.74, 6) is 0.190. The molecule has 0 atom stereocenters. The molecule has 0 saturated heterocycles. The zero-order chi connectivity index (χ0) is 10.1. The van der Waals surface area contributed by atoms with Gasteiger partial charge in [0.25, 0.3) is 0 Å². The highest BCUT2D eigenvalue weighted by molar-refractivity contribution is 5.63. The Kier molecular flexibility index (Phi) is 2.11. The summed E-state index contributed by atoms with van der Waals surface area (Å²) >= 11 is 0. The molecule has 0 radical (unpaired) electrons. The fourth-order valence-corrected chi connectivity index (χ4v) is 1.48. The highest BCUT2D eigenvalue weighted by Gasteiger charge is 2.14. The second-order valence-electron chi connectivity index (χ2n) is 3.10. The third-order valence-electron chi connectivity index (χ3n) is 2.02. The summed E-state index contributed by atoms with van der Waals surface area (Å²) in [7, 11) is 0. The molecule has 1 heterocycles. The summed E-state index contributed by atoms with van der Waals surface area (Å²) in [6, 6.07) is 4.83. The van der Waals surface area contributed by atoms with Crippen molar-refractivity contribution in [1.82, 2.24) is 0 Å². The zero-order valence-electron chi connectivity index (χ0n) is 7.39. The Bertz CT molecular complexity index is 376. The van der Waals surface area contributed by atoms with Gasteiger partial charge in [-0.05, 0) is 23.8 Å². The first-order valence-electron chi connectivity index (χ1n) is 4.17. The molecule has 1 aromatic carbocycles. The molecule has 1 N–H and O–H groups in total. The second-order valence-corrected chi connectivity index (χ2v) is 3.10. The molecule has 1 aliphatic heterocycles. The van der Waals surface area contributed by atoms with Crippen molar-refractivity contribution in [2.24, 2.45) is 0 Å². The number of hydrogen-bond acceptors (Lipinski definition) is 2. The zero-order valence-corrected chi connectivity index (χ0v) is 7.39. The number of benzene rings is 1. The van der Waals surface area contributed by atoms with E-state index in [4.69, 9.17) is 0 Å². The molecule has 0 spiro atoms. The molecule has 4 heteroatoms. The fraction of sp³-hybridized carbons (Fsp3) is 0.200. The molecule has 0 fully saturated rings. The Morgan fingerprint density at radius 3 is 2.93 bits per heavy atom. The van der Waals surface area contributed by atoms with Gasteiger partial charge in [-0.2, -0.15) is 8.78 Å². The van der Waals surface area contributed by atoms with Crippen molar-refractivity contribution in [3.05, 3.63) is 36.0 Å². The van der Waals surface area contributed by atoms with Crippen molar-refractivity contribution < 1.29 is 13.5 Å². The normalized spacial score (nSPS) is 14.1. The second kappa shape index (κ2) is 3.29. The van der Waals surface area contributed by atoms with Gasteiger partial charge in [0, 0.05) is 17.8 Å². The van der Waals surface area contributed by atoms with Gasteiger partial charge in [-0.15, -0.1) is 0 Å². The number of fused-ring (bicyclic) bond motifs is 1. The van der Waals surface area contributed by atoms with E-state index in [1.807, 2.05) is 0 Å². The lowest BCUT2D eigenvalue weighted by Crippen LogP contribution is -2.01. The summed E-state index contributed by atoms with van der Waals surface area (Å²) in [5, 5.41) is 3.04.